The van der Waals surface area contributed by atoms with E-state index >= 15 is 0 Å². The van der Waals surface area contributed by atoms with E-state index < -0.39 is 0 Å². The summed E-state index contributed by atoms with van der Waals surface area (Å²) in [4.78, 5) is 24.8. The van der Waals surface area contributed by atoms with Gasteiger partial charge in [-0.2, -0.15) is 0 Å². The molecule has 1 aromatic carbocycles. The number of hydrogen-bond donors (Lipinski definition) is 2. The first kappa shape index (κ1) is 16.6. The van der Waals surface area contributed by atoms with Crippen molar-refractivity contribution in [3.8, 4) is 5.82 Å². The maximum absolute atomic E-state index is 11.5. The number of nitrogens with zero attached hydrogens (tertiary/aromatic N) is 4. The third-order valence-electron chi connectivity index (χ3n) is 3.88. The molecule has 0 saturated heterocycles. The lowest BCUT2D eigenvalue weighted by molar-refractivity contribution is -0.111. The Morgan fingerprint density at radius 1 is 1.40 bits per heavy atom. The van der Waals surface area contributed by atoms with Crippen LogP contribution in [0.25, 0.3) is 16.9 Å². The lowest BCUT2D eigenvalue weighted by Gasteiger charge is -2.12. The van der Waals surface area contributed by atoms with Crippen LogP contribution in [0.15, 0.2) is 49.6 Å². The molecule has 1 amide bonds. The maximum Gasteiger partial charge on any atom is 0.247 e. The lowest BCUT2D eigenvalue weighted by atomic mass is 10.2. The number of amides is 1. The van der Waals surface area contributed by atoms with E-state index in [2.05, 4.69) is 46.0 Å². The Bertz CT molecular complexity index is 917. The van der Waals surface area contributed by atoms with E-state index in [4.69, 9.17) is 0 Å². The molecule has 0 aliphatic carbocycles. The molecule has 0 saturated carbocycles. The quantitative estimate of drug-likeness (QED) is 0.676. The van der Waals surface area contributed by atoms with Crippen LogP contribution in [-0.4, -0.2) is 31.5 Å². The number of rotatable bonds is 6. The van der Waals surface area contributed by atoms with Crippen molar-refractivity contribution in [1.29, 1.82) is 0 Å². The number of carbonyl (C=O) groups excluding carboxylic acids is 1. The third-order valence-corrected chi connectivity index (χ3v) is 3.88. The van der Waals surface area contributed by atoms with Gasteiger partial charge in [0.15, 0.2) is 5.82 Å². The molecule has 7 nitrogen and oxygen atoms in total. The Morgan fingerprint density at radius 3 is 3.00 bits per heavy atom. The van der Waals surface area contributed by atoms with Crippen LogP contribution in [0.3, 0.4) is 0 Å². The molecule has 0 radical (unpaired) electrons. The van der Waals surface area contributed by atoms with Gasteiger partial charge in [-0.25, -0.2) is 9.97 Å². The van der Waals surface area contributed by atoms with Crippen molar-refractivity contribution >= 4 is 28.4 Å². The summed E-state index contributed by atoms with van der Waals surface area (Å²) in [5.74, 6) is 1.11. The minimum absolute atomic E-state index is 0.259. The van der Waals surface area contributed by atoms with Crippen molar-refractivity contribution in [3.63, 3.8) is 0 Å². The summed E-state index contributed by atoms with van der Waals surface area (Å²) in [5.41, 5.74) is 2.30. The van der Waals surface area contributed by atoms with Crippen molar-refractivity contribution in [2.75, 3.05) is 10.6 Å². The molecule has 3 rings (SSSR count). The highest BCUT2D eigenvalue weighted by molar-refractivity contribution is 6.00. The molecular weight excluding hydrogens is 316 g/mol. The van der Waals surface area contributed by atoms with E-state index in [1.807, 2.05) is 16.7 Å². The fourth-order valence-electron chi connectivity index (χ4n) is 2.36. The largest absolute Gasteiger partial charge is 0.366 e. The number of benzene rings is 1. The molecule has 2 aromatic heterocycles. The molecule has 2 heterocycles. The summed E-state index contributed by atoms with van der Waals surface area (Å²) < 4.78 is 1.84. The molecule has 0 aliphatic rings. The highest BCUT2D eigenvalue weighted by atomic mass is 16.1. The summed E-state index contributed by atoms with van der Waals surface area (Å²) in [6, 6.07) is 5.80. The first-order chi connectivity index (χ1) is 12.1. The van der Waals surface area contributed by atoms with E-state index in [1.54, 1.807) is 24.8 Å². The van der Waals surface area contributed by atoms with Gasteiger partial charge in [0.2, 0.25) is 5.91 Å². The number of imidazole rings is 1. The predicted octanol–water partition coefficient (Wildman–Crippen LogP) is 3.15. The normalized spacial score (nSPS) is 11.9. The highest BCUT2D eigenvalue weighted by Gasteiger charge is 2.09. The van der Waals surface area contributed by atoms with E-state index in [-0.39, 0.29) is 5.91 Å². The van der Waals surface area contributed by atoms with Crippen LogP contribution in [0.1, 0.15) is 20.3 Å². The highest BCUT2D eigenvalue weighted by Crippen LogP contribution is 2.21. The number of aromatic nitrogens is 4. The Labute approximate surface area is 145 Å². The minimum Gasteiger partial charge on any atom is -0.366 e. The average molecular weight is 336 g/mol. The van der Waals surface area contributed by atoms with Gasteiger partial charge in [0, 0.05) is 11.7 Å². The zero-order valence-corrected chi connectivity index (χ0v) is 14.2. The number of carbonyl (C=O) groups is 1. The van der Waals surface area contributed by atoms with Crippen LogP contribution in [0, 0.1) is 0 Å². The number of nitrogens with one attached hydrogen (secondary N) is 2. The van der Waals surface area contributed by atoms with Gasteiger partial charge in [0.25, 0.3) is 0 Å². The van der Waals surface area contributed by atoms with Crippen molar-refractivity contribution in [2.24, 2.45) is 0 Å². The Hall–Kier alpha value is -3.22. The van der Waals surface area contributed by atoms with Crippen LogP contribution >= 0.6 is 0 Å². The molecule has 3 aromatic rings. The maximum atomic E-state index is 11.5. The van der Waals surface area contributed by atoms with E-state index in [0.717, 1.165) is 17.5 Å². The van der Waals surface area contributed by atoms with E-state index in [0.29, 0.717) is 23.4 Å². The van der Waals surface area contributed by atoms with Crippen LogP contribution in [-0.2, 0) is 4.79 Å². The predicted molar refractivity (Wildman–Crippen MR) is 98.9 cm³/mol. The van der Waals surface area contributed by atoms with Gasteiger partial charge in [-0.15, -0.1) is 0 Å². The molecule has 0 fully saturated rings. The van der Waals surface area contributed by atoms with Crippen molar-refractivity contribution in [3.05, 3.63) is 49.6 Å². The van der Waals surface area contributed by atoms with E-state index in [9.17, 15) is 4.79 Å². The van der Waals surface area contributed by atoms with Crippen LogP contribution in [0.4, 0.5) is 11.5 Å². The molecule has 128 valence electrons. The van der Waals surface area contributed by atoms with Crippen LogP contribution < -0.4 is 10.6 Å². The van der Waals surface area contributed by atoms with Gasteiger partial charge in [0.1, 0.15) is 12.1 Å². The fraction of sp³-hybridized carbons (Fsp3) is 0.222. The smallest absolute Gasteiger partial charge is 0.247 e. The van der Waals surface area contributed by atoms with Gasteiger partial charge >= 0.3 is 0 Å². The molecule has 0 bridgehead atoms. The number of hydrogen-bond acceptors (Lipinski definition) is 5. The second-order valence-electron chi connectivity index (χ2n) is 5.73. The molecule has 2 N–H and O–H groups in total. The van der Waals surface area contributed by atoms with Crippen molar-refractivity contribution < 1.29 is 4.79 Å². The first-order valence-corrected chi connectivity index (χ1v) is 8.10. The van der Waals surface area contributed by atoms with Crippen molar-refractivity contribution in [1.82, 2.24) is 19.5 Å². The van der Waals surface area contributed by atoms with Gasteiger partial charge in [-0.3, -0.25) is 14.3 Å². The Balaban J connectivity index is 1.98. The summed E-state index contributed by atoms with van der Waals surface area (Å²) in [5, 5.41) is 6.06. The average Bonchev–Trinajstić information content (AvgIpc) is 3.05. The molecule has 1 atom stereocenters. The minimum atomic E-state index is -0.259. The van der Waals surface area contributed by atoms with Gasteiger partial charge in [0.05, 0.1) is 23.4 Å². The van der Waals surface area contributed by atoms with E-state index in [1.165, 1.54) is 6.08 Å². The summed E-state index contributed by atoms with van der Waals surface area (Å²) >= 11 is 0. The molecule has 0 spiro atoms. The Morgan fingerprint density at radius 2 is 2.24 bits per heavy atom. The lowest BCUT2D eigenvalue weighted by Crippen LogP contribution is -2.15. The first-order valence-electron chi connectivity index (χ1n) is 8.10. The fourth-order valence-corrected chi connectivity index (χ4v) is 2.36. The second-order valence-corrected chi connectivity index (χ2v) is 5.73. The summed E-state index contributed by atoms with van der Waals surface area (Å²) in [7, 11) is 0. The molecule has 0 aliphatic heterocycles. The number of fused-ring (bicyclic) bond motifs is 1. The number of anilines is 2. The van der Waals surface area contributed by atoms with Gasteiger partial charge in [-0.1, -0.05) is 13.5 Å². The molecule has 1 unspecified atom stereocenters. The van der Waals surface area contributed by atoms with Gasteiger partial charge < -0.3 is 10.6 Å². The monoisotopic (exact) mass is 336 g/mol. The topological polar surface area (TPSA) is 84.7 Å². The van der Waals surface area contributed by atoms with Crippen LogP contribution in [0.5, 0.6) is 0 Å². The summed E-state index contributed by atoms with van der Waals surface area (Å²) in [6.45, 7) is 7.66. The second kappa shape index (κ2) is 7.12. The van der Waals surface area contributed by atoms with Crippen LogP contribution in [0.2, 0.25) is 0 Å². The van der Waals surface area contributed by atoms with Crippen molar-refractivity contribution in [2.45, 2.75) is 26.3 Å². The Kier molecular flexibility index (Phi) is 4.74. The molecule has 25 heavy (non-hydrogen) atoms. The SMILES string of the molecule is C=CC(=O)Nc1ccc2ncn(-c3cncc(NC(C)CC)n3)c2c1. The molecular formula is C18H20N6O. The standard InChI is InChI=1S/C18H20N6O/c1-4-12(3)21-16-9-19-10-17(23-16)24-11-20-14-7-6-13(8-15(14)24)22-18(25)5-2/h5-12H,2,4H2,1,3H3,(H,21,23)(H,22,25). The zero-order valence-electron chi connectivity index (χ0n) is 14.2. The summed E-state index contributed by atoms with van der Waals surface area (Å²) in [6.07, 6.45) is 7.30. The third kappa shape index (κ3) is 3.65. The zero-order chi connectivity index (χ0) is 17.8. The molecule has 7 heteroatoms. The van der Waals surface area contributed by atoms with Gasteiger partial charge in [-0.05, 0) is 37.6 Å².